The van der Waals surface area contributed by atoms with E-state index >= 15 is 0 Å². The van der Waals surface area contributed by atoms with Crippen molar-refractivity contribution in [2.45, 2.75) is 24.1 Å². The van der Waals surface area contributed by atoms with E-state index in [9.17, 15) is 16.8 Å². The molecule has 0 aliphatic carbocycles. The molecule has 0 atom stereocenters. The van der Waals surface area contributed by atoms with Crippen molar-refractivity contribution in [2.75, 3.05) is 24.6 Å². The topological polar surface area (TPSA) is 71.5 Å². The SMILES string of the molecule is Cc1ccc(CCl)cc1S(=O)(=O)N1CCCS(=O)(=O)CC1. The summed E-state index contributed by atoms with van der Waals surface area (Å²) in [7, 11) is -6.83. The van der Waals surface area contributed by atoms with Crippen LogP contribution in [0, 0.1) is 6.92 Å². The van der Waals surface area contributed by atoms with E-state index in [0.29, 0.717) is 12.0 Å². The first-order valence-corrected chi connectivity index (χ1v) is 10.4. The van der Waals surface area contributed by atoms with Crippen LogP contribution in [0.15, 0.2) is 23.1 Å². The number of nitrogens with zero attached hydrogens (tertiary/aromatic N) is 1. The lowest BCUT2D eigenvalue weighted by atomic mass is 10.2. The molecule has 118 valence electrons. The van der Waals surface area contributed by atoms with Crippen LogP contribution in [0.5, 0.6) is 0 Å². The molecule has 0 amide bonds. The zero-order valence-corrected chi connectivity index (χ0v) is 14.1. The molecule has 1 aliphatic rings. The predicted octanol–water partition coefficient (Wildman–Crippen LogP) is 1.54. The lowest BCUT2D eigenvalue weighted by Crippen LogP contribution is -2.34. The number of alkyl halides is 1. The highest BCUT2D eigenvalue weighted by Gasteiger charge is 2.30. The smallest absolute Gasteiger partial charge is 0.229 e. The zero-order chi connectivity index (χ0) is 15.7. The molecule has 8 heteroatoms. The van der Waals surface area contributed by atoms with Gasteiger partial charge in [-0.3, -0.25) is 0 Å². The summed E-state index contributed by atoms with van der Waals surface area (Å²) in [5.74, 6) is 0.150. The molecular weight excluding hydrogens is 334 g/mol. The Morgan fingerprint density at radius 2 is 1.95 bits per heavy atom. The first-order chi connectivity index (χ1) is 9.76. The second kappa shape index (κ2) is 6.24. The van der Waals surface area contributed by atoms with Crippen LogP contribution in [0.2, 0.25) is 0 Å². The van der Waals surface area contributed by atoms with Gasteiger partial charge >= 0.3 is 0 Å². The fourth-order valence-electron chi connectivity index (χ4n) is 2.30. The predicted molar refractivity (Wildman–Crippen MR) is 82.8 cm³/mol. The Bertz CT molecular complexity index is 729. The molecule has 1 aromatic rings. The number of benzene rings is 1. The van der Waals surface area contributed by atoms with Gasteiger partial charge in [0, 0.05) is 19.0 Å². The Kier molecular flexibility index (Phi) is 4.97. The molecule has 1 saturated heterocycles. The van der Waals surface area contributed by atoms with Crippen LogP contribution in [-0.4, -0.2) is 45.7 Å². The quantitative estimate of drug-likeness (QED) is 0.774. The van der Waals surface area contributed by atoms with Gasteiger partial charge in [-0.1, -0.05) is 12.1 Å². The summed E-state index contributed by atoms with van der Waals surface area (Å²) < 4.78 is 49.9. The molecular formula is C13H18ClNO4S2. The second-order valence-corrected chi connectivity index (χ2v) is 9.62. The summed E-state index contributed by atoms with van der Waals surface area (Å²) >= 11 is 5.76. The molecule has 0 aromatic heterocycles. The van der Waals surface area contributed by atoms with Gasteiger partial charge in [-0.05, 0) is 30.5 Å². The van der Waals surface area contributed by atoms with E-state index in [2.05, 4.69) is 0 Å². The Hall–Kier alpha value is -0.630. The summed E-state index contributed by atoms with van der Waals surface area (Å²) in [5.41, 5.74) is 1.36. The van der Waals surface area contributed by atoms with Crippen molar-refractivity contribution < 1.29 is 16.8 Å². The minimum atomic E-state index is -3.69. The molecule has 0 unspecified atom stereocenters. The first-order valence-electron chi connectivity index (χ1n) is 6.62. The van der Waals surface area contributed by atoms with Crippen molar-refractivity contribution in [3.63, 3.8) is 0 Å². The molecule has 0 spiro atoms. The van der Waals surface area contributed by atoms with E-state index in [1.54, 1.807) is 25.1 Å². The fourth-order valence-corrected chi connectivity index (χ4v) is 5.61. The lowest BCUT2D eigenvalue weighted by Gasteiger charge is -2.21. The molecule has 21 heavy (non-hydrogen) atoms. The highest BCUT2D eigenvalue weighted by atomic mass is 35.5. The summed E-state index contributed by atoms with van der Waals surface area (Å²) in [6.07, 6.45) is 0.329. The first kappa shape index (κ1) is 16.7. The van der Waals surface area contributed by atoms with Crippen molar-refractivity contribution in [2.24, 2.45) is 0 Å². The third-order valence-corrected chi connectivity index (χ3v) is 7.60. The maximum absolute atomic E-state index is 12.7. The summed E-state index contributed by atoms with van der Waals surface area (Å²) in [6, 6.07) is 5.07. The molecule has 0 bridgehead atoms. The van der Waals surface area contributed by atoms with Gasteiger partial charge < -0.3 is 0 Å². The monoisotopic (exact) mass is 351 g/mol. The Morgan fingerprint density at radius 1 is 1.24 bits per heavy atom. The van der Waals surface area contributed by atoms with Crippen LogP contribution in [0.3, 0.4) is 0 Å². The number of hydrogen-bond acceptors (Lipinski definition) is 4. The van der Waals surface area contributed by atoms with Gasteiger partial charge in [0.25, 0.3) is 0 Å². The van der Waals surface area contributed by atoms with E-state index in [0.717, 1.165) is 5.56 Å². The van der Waals surface area contributed by atoms with E-state index in [4.69, 9.17) is 11.6 Å². The minimum absolute atomic E-state index is 0.00914. The lowest BCUT2D eigenvalue weighted by molar-refractivity contribution is 0.434. The van der Waals surface area contributed by atoms with Crippen LogP contribution in [0.4, 0.5) is 0 Å². The molecule has 5 nitrogen and oxygen atoms in total. The standard InChI is InChI=1S/C13H18ClNO4S2/c1-11-3-4-12(10-14)9-13(11)21(18,19)15-5-2-7-20(16,17)8-6-15/h3-4,9H,2,5-8,10H2,1H3. The maximum atomic E-state index is 12.7. The van der Waals surface area contributed by atoms with Crippen LogP contribution in [-0.2, 0) is 25.7 Å². The van der Waals surface area contributed by atoms with Crippen molar-refractivity contribution in [1.82, 2.24) is 4.31 Å². The fraction of sp³-hybridized carbons (Fsp3) is 0.538. The maximum Gasteiger partial charge on any atom is 0.243 e. The number of rotatable bonds is 3. The van der Waals surface area contributed by atoms with Gasteiger partial charge in [-0.2, -0.15) is 4.31 Å². The number of sulfone groups is 1. The van der Waals surface area contributed by atoms with Gasteiger partial charge in [-0.15, -0.1) is 11.6 Å². The number of hydrogen-bond donors (Lipinski definition) is 0. The Morgan fingerprint density at radius 3 is 2.62 bits per heavy atom. The van der Waals surface area contributed by atoms with E-state index in [1.165, 1.54) is 4.31 Å². The summed E-state index contributed by atoms with van der Waals surface area (Å²) in [6.45, 7) is 1.96. The average Bonchev–Trinajstić information content (AvgIpc) is 2.60. The molecule has 1 fully saturated rings. The normalized spacial score (nSPS) is 20.1. The third kappa shape index (κ3) is 3.77. The van der Waals surface area contributed by atoms with Gasteiger partial charge in [0.15, 0.2) is 9.84 Å². The molecule has 2 rings (SSSR count). The van der Waals surface area contributed by atoms with Crippen molar-refractivity contribution in [1.29, 1.82) is 0 Å². The van der Waals surface area contributed by atoms with Crippen molar-refractivity contribution in [3.8, 4) is 0 Å². The Labute approximate surface area is 130 Å². The molecule has 0 N–H and O–H groups in total. The van der Waals surface area contributed by atoms with Gasteiger partial charge in [0.1, 0.15) is 0 Å². The van der Waals surface area contributed by atoms with Gasteiger partial charge in [-0.25, -0.2) is 16.8 Å². The van der Waals surface area contributed by atoms with Crippen LogP contribution >= 0.6 is 11.6 Å². The van der Waals surface area contributed by atoms with Crippen LogP contribution in [0.1, 0.15) is 17.5 Å². The average molecular weight is 352 g/mol. The molecule has 0 radical (unpaired) electrons. The summed E-state index contributed by atoms with van der Waals surface area (Å²) in [5, 5.41) is 0. The van der Waals surface area contributed by atoms with Crippen molar-refractivity contribution >= 4 is 31.5 Å². The second-order valence-electron chi connectivity index (χ2n) is 5.14. The highest BCUT2D eigenvalue weighted by molar-refractivity contribution is 7.91. The van der Waals surface area contributed by atoms with E-state index in [1.807, 2.05) is 0 Å². The zero-order valence-electron chi connectivity index (χ0n) is 11.7. The van der Waals surface area contributed by atoms with E-state index in [-0.39, 0.29) is 35.4 Å². The van der Waals surface area contributed by atoms with Crippen molar-refractivity contribution in [3.05, 3.63) is 29.3 Å². The molecule has 0 saturated carbocycles. The largest absolute Gasteiger partial charge is 0.243 e. The third-order valence-electron chi connectivity index (χ3n) is 3.54. The van der Waals surface area contributed by atoms with E-state index < -0.39 is 19.9 Å². The molecule has 1 heterocycles. The molecule has 1 aromatic carbocycles. The highest BCUT2D eigenvalue weighted by Crippen LogP contribution is 2.23. The Balaban J connectivity index is 2.38. The van der Waals surface area contributed by atoms with Gasteiger partial charge in [0.05, 0.1) is 16.4 Å². The summed E-state index contributed by atoms with van der Waals surface area (Å²) in [4.78, 5) is 0.208. The van der Waals surface area contributed by atoms with Crippen LogP contribution in [0.25, 0.3) is 0 Å². The number of halogens is 1. The molecule has 1 aliphatic heterocycles. The minimum Gasteiger partial charge on any atom is -0.229 e. The number of aryl methyl sites for hydroxylation is 1. The number of sulfonamides is 1. The van der Waals surface area contributed by atoms with Crippen LogP contribution < -0.4 is 0 Å². The van der Waals surface area contributed by atoms with Gasteiger partial charge in [0.2, 0.25) is 10.0 Å².